The van der Waals surface area contributed by atoms with Crippen molar-refractivity contribution < 1.29 is 23.1 Å². The minimum atomic E-state index is -4.71. The van der Waals surface area contributed by atoms with Crippen molar-refractivity contribution in [2.45, 2.75) is 25.9 Å². The Morgan fingerprint density at radius 1 is 1.29 bits per heavy atom. The third-order valence-electron chi connectivity index (χ3n) is 3.00. The van der Waals surface area contributed by atoms with Gasteiger partial charge in [-0.1, -0.05) is 13.8 Å². The molecule has 2 aromatic rings. The molecule has 2 rings (SSSR count). The Kier molecular flexibility index (Phi) is 3.76. The van der Waals surface area contributed by atoms with Gasteiger partial charge in [0, 0.05) is 6.20 Å². The first kappa shape index (κ1) is 15.1. The van der Waals surface area contributed by atoms with Crippen LogP contribution in [0, 0.1) is 0 Å². The number of carboxylic acids is 1. The molecule has 0 radical (unpaired) electrons. The Morgan fingerprint density at radius 3 is 2.43 bits per heavy atom. The molecule has 1 heterocycles. The second-order valence-electron chi connectivity index (χ2n) is 4.87. The summed E-state index contributed by atoms with van der Waals surface area (Å²) in [5.74, 6) is -1.46. The summed E-state index contributed by atoms with van der Waals surface area (Å²) in [6.07, 6.45) is -3.12. The normalized spacial score (nSPS) is 11.9. The predicted molar refractivity (Wildman–Crippen MR) is 69.6 cm³/mol. The van der Waals surface area contributed by atoms with E-state index in [1.807, 2.05) is 13.8 Å². The summed E-state index contributed by atoms with van der Waals surface area (Å²) in [7, 11) is 0. The Labute approximate surface area is 118 Å². The van der Waals surface area contributed by atoms with Gasteiger partial charge >= 0.3 is 12.1 Å². The van der Waals surface area contributed by atoms with Gasteiger partial charge in [0.05, 0.1) is 22.5 Å². The van der Waals surface area contributed by atoms with Crippen LogP contribution >= 0.6 is 0 Å². The SMILES string of the molecule is CC(C)c1ccn(-c2ccc(C(F)(F)F)c(C(=O)O)c2)n1. The molecule has 0 unspecified atom stereocenters. The molecule has 0 atom stereocenters. The van der Waals surface area contributed by atoms with Crippen molar-refractivity contribution in [3.05, 3.63) is 47.3 Å². The van der Waals surface area contributed by atoms with Gasteiger partial charge in [-0.05, 0) is 30.2 Å². The van der Waals surface area contributed by atoms with Gasteiger partial charge in [0.25, 0.3) is 0 Å². The van der Waals surface area contributed by atoms with Crippen LogP contribution < -0.4 is 0 Å². The molecule has 0 aliphatic heterocycles. The average molecular weight is 298 g/mol. The van der Waals surface area contributed by atoms with E-state index in [0.29, 0.717) is 0 Å². The van der Waals surface area contributed by atoms with Crippen LogP contribution in [0.2, 0.25) is 0 Å². The lowest BCUT2D eigenvalue weighted by Crippen LogP contribution is -2.13. The molecule has 21 heavy (non-hydrogen) atoms. The van der Waals surface area contributed by atoms with Crippen molar-refractivity contribution in [1.29, 1.82) is 0 Å². The van der Waals surface area contributed by atoms with Gasteiger partial charge in [0.2, 0.25) is 0 Å². The van der Waals surface area contributed by atoms with Crippen molar-refractivity contribution in [3.63, 3.8) is 0 Å². The van der Waals surface area contributed by atoms with Crippen LogP contribution in [0.25, 0.3) is 5.69 Å². The fourth-order valence-electron chi connectivity index (χ4n) is 1.89. The molecule has 0 bridgehead atoms. The molecule has 0 fully saturated rings. The number of aromatic nitrogens is 2. The Hall–Kier alpha value is -2.31. The number of halogens is 3. The molecule has 0 aliphatic rings. The smallest absolute Gasteiger partial charge is 0.417 e. The first-order chi connectivity index (χ1) is 9.70. The third kappa shape index (κ3) is 3.07. The second kappa shape index (κ2) is 5.23. The van der Waals surface area contributed by atoms with E-state index in [4.69, 9.17) is 5.11 Å². The highest BCUT2D eigenvalue weighted by molar-refractivity contribution is 5.90. The van der Waals surface area contributed by atoms with Crippen molar-refractivity contribution >= 4 is 5.97 Å². The number of nitrogens with zero attached hydrogens (tertiary/aromatic N) is 2. The molecule has 7 heteroatoms. The van der Waals surface area contributed by atoms with Crippen LogP contribution in [0.4, 0.5) is 13.2 Å². The zero-order valence-corrected chi connectivity index (χ0v) is 11.3. The molecule has 1 aromatic carbocycles. The van der Waals surface area contributed by atoms with Crippen LogP contribution in [-0.2, 0) is 6.18 Å². The fraction of sp³-hybridized carbons (Fsp3) is 0.286. The highest BCUT2D eigenvalue weighted by Gasteiger charge is 2.35. The highest BCUT2D eigenvalue weighted by Crippen LogP contribution is 2.33. The second-order valence-corrected chi connectivity index (χ2v) is 4.87. The summed E-state index contributed by atoms with van der Waals surface area (Å²) in [4.78, 5) is 11.0. The third-order valence-corrected chi connectivity index (χ3v) is 3.00. The summed E-state index contributed by atoms with van der Waals surface area (Å²) in [5.41, 5.74) is -0.921. The molecular formula is C14H13F3N2O2. The Bertz CT molecular complexity index is 675. The minimum Gasteiger partial charge on any atom is -0.478 e. The van der Waals surface area contributed by atoms with Crippen molar-refractivity contribution in [2.24, 2.45) is 0 Å². The number of rotatable bonds is 3. The maximum absolute atomic E-state index is 12.8. The lowest BCUT2D eigenvalue weighted by molar-refractivity contribution is -0.138. The quantitative estimate of drug-likeness (QED) is 0.939. The standard InChI is InChI=1S/C14H13F3N2O2/c1-8(2)12-5-6-19(18-12)9-3-4-11(14(15,16)17)10(7-9)13(20)21/h3-8H,1-2H3,(H,20,21). The molecule has 0 saturated heterocycles. The van der Waals surface area contributed by atoms with E-state index >= 15 is 0 Å². The molecule has 4 nitrogen and oxygen atoms in total. The lowest BCUT2D eigenvalue weighted by Gasteiger charge is -2.12. The first-order valence-corrected chi connectivity index (χ1v) is 6.20. The summed E-state index contributed by atoms with van der Waals surface area (Å²) < 4.78 is 39.7. The van der Waals surface area contributed by atoms with E-state index in [1.54, 1.807) is 12.3 Å². The Balaban J connectivity index is 2.51. The predicted octanol–water partition coefficient (Wildman–Crippen LogP) is 3.71. The molecule has 1 N–H and O–H groups in total. The number of carbonyl (C=O) groups is 1. The maximum atomic E-state index is 12.8. The first-order valence-electron chi connectivity index (χ1n) is 6.20. The molecule has 0 aliphatic carbocycles. The number of alkyl halides is 3. The van der Waals surface area contributed by atoms with Crippen LogP contribution in [0.3, 0.4) is 0 Å². The molecular weight excluding hydrogens is 285 g/mol. The van der Waals surface area contributed by atoms with Crippen molar-refractivity contribution in [2.75, 3.05) is 0 Å². The van der Waals surface area contributed by atoms with E-state index < -0.39 is 23.3 Å². The molecule has 1 aromatic heterocycles. The van der Waals surface area contributed by atoms with Crippen LogP contribution in [0.1, 0.15) is 41.4 Å². The van der Waals surface area contributed by atoms with E-state index in [9.17, 15) is 18.0 Å². The number of benzene rings is 1. The van der Waals surface area contributed by atoms with Crippen LogP contribution in [-0.4, -0.2) is 20.9 Å². The summed E-state index contributed by atoms with van der Waals surface area (Å²) in [6.45, 7) is 3.87. The van der Waals surface area contributed by atoms with E-state index in [2.05, 4.69) is 5.10 Å². The van der Waals surface area contributed by atoms with Crippen LogP contribution in [0.5, 0.6) is 0 Å². The van der Waals surface area contributed by atoms with Gasteiger partial charge in [-0.2, -0.15) is 18.3 Å². The van der Waals surface area contributed by atoms with Crippen LogP contribution in [0.15, 0.2) is 30.5 Å². The number of hydrogen-bond acceptors (Lipinski definition) is 2. The number of carboxylic acid groups (broad SMARTS) is 1. The summed E-state index contributed by atoms with van der Waals surface area (Å²) in [6, 6.07) is 4.67. The van der Waals surface area contributed by atoms with Gasteiger partial charge in [-0.25, -0.2) is 9.48 Å². The van der Waals surface area contributed by atoms with Gasteiger partial charge in [0.15, 0.2) is 0 Å². The minimum absolute atomic E-state index is 0.166. The fourth-order valence-corrected chi connectivity index (χ4v) is 1.89. The number of aromatic carboxylic acids is 1. The van der Waals surface area contributed by atoms with Gasteiger partial charge in [-0.3, -0.25) is 0 Å². The summed E-state index contributed by atoms with van der Waals surface area (Å²) >= 11 is 0. The van der Waals surface area contributed by atoms with E-state index in [1.165, 1.54) is 10.7 Å². The molecule has 0 amide bonds. The van der Waals surface area contributed by atoms with Gasteiger partial charge in [0.1, 0.15) is 0 Å². The molecule has 0 saturated carbocycles. The largest absolute Gasteiger partial charge is 0.478 e. The average Bonchev–Trinajstić information content (AvgIpc) is 2.86. The van der Waals surface area contributed by atoms with E-state index in [-0.39, 0.29) is 11.6 Å². The van der Waals surface area contributed by atoms with Crippen molar-refractivity contribution in [3.8, 4) is 5.69 Å². The monoisotopic (exact) mass is 298 g/mol. The number of hydrogen-bond donors (Lipinski definition) is 1. The molecule has 112 valence electrons. The zero-order chi connectivity index (χ0) is 15.8. The topological polar surface area (TPSA) is 55.1 Å². The highest BCUT2D eigenvalue weighted by atomic mass is 19.4. The molecule has 0 spiro atoms. The maximum Gasteiger partial charge on any atom is 0.417 e. The zero-order valence-electron chi connectivity index (χ0n) is 11.3. The van der Waals surface area contributed by atoms with Gasteiger partial charge in [-0.15, -0.1) is 0 Å². The summed E-state index contributed by atoms with van der Waals surface area (Å²) in [5, 5.41) is 13.2. The lowest BCUT2D eigenvalue weighted by atomic mass is 10.1. The van der Waals surface area contributed by atoms with E-state index in [0.717, 1.165) is 17.8 Å². The Morgan fingerprint density at radius 2 is 1.95 bits per heavy atom. The van der Waals surface area contributed by atoms with Gasteiger partial charge < -0.3 is 5.11 Å². The van der Waals surface area contributed by atoms with Crippen molar-refractivity contribution in [1.82, 2.24) is 9.78 Å².